The summed E-state index contributed by atoms with van der Waals surface area (Å²) in [5.41, 5.74) is 4.43. The zero-order valence-corrected chi connectivity index (χ0v) is 17.2. The third kappa shape index (κ3) is 5.13. The van der Waals surface area contributed by atoms with Crippen LogP contribution in [0.1, 0.15) is 44.9 Å². The van der Waals surface area contributed by atoms with Crippen LogP contribution in [0.15, 0.2) is 54.6 Å². The van der Waals surface area contributed by atoms with Gasteiger partial charge in [-0.15, -0.1) is 0 Å². The molecule has 0 aliphatic carbocycles. The van der Waals surface area contributed by atoms with E-state index in [-0.39, 0.29) is 0 Å². The van der Waals surface area contributed by atoms with Gasteiger partial charge in [-0.25, -0.2) is 4.98 Å². The van der Waals surface area contributed by atoms with Gasteiger partial charge >= 0.3 is 0 Å². The van der Waals surface area contributed by atoms with Crippen LogP contribution in [0, 0.1) is 0 Å². The lowest BCUT2D eigenvalue weighted by Crippen LogP contribution is -2.24. The van der Waals surface area contributed by atoms with Gasteiger partial charge < -0.3 is 9.64 Å². The van der Waals surface area contributed by atoms with Crippen LogP contribution in [-0.4, -0.2) is 24.7 Å². The molecule has 0 atom stereocenters. The number of benzene rings is 2. The highest BCUT2D eigenvalue weighted by Crippen LogP contribution is 2.21. The fraction of sp³-hybridized carbons (Fsp3) is 0.320. The molecule has 3 aromatic rings. The molecule has 0 saturated carbocycles. The number of rotatable bonds is 9. The number of hydrogen-bond donors (Lipinski definition) is 0. The van der Waals surface area contributed by atoms with E-state index in [0.29, 0.717) is 6.61 Å². The summed E-state index contributed by atoms with van der Waals surface area (Å²) < 4.78 is 5.56. The first-order chi connectivity index (χ1) is 13.7. The molecule has 0 fully saturated rings. The summed E-state index contributed by atoms with van der Waals surface area (Å²) in [7, 11) is 0. The van der Waals surface area contributed by atoms with Crippen molar-refractivity contribution < 1.29 is 4.74 Å². The maximum atomic E-state index is 5.56. The van der Waals surface area contributed by atoms with Crippen LogP contribution in [-0.2, 0) is 0 Å². The second kappa shape index (κ2) is 9.93. The molecular weight excluding hydrogens is 344 g/mol. The summed E-state index contributed by atoms with van der Waals surface area (Å²) in [5.74, 6) is 0.889. The number of fused-ring (bicyclic) bond motifs is 1. The summed E-state index contributed by atoms with van der Waals surface area (Å²) in [5, 5.41) is 1.10. The first-order valence-corrected chi connectivity index (χ1v) is 10.3. The average molecular weight is 375 g/mol. The monoisotopic (exact) mass is 374 g/mol. The minimum absolute atomic E-state index is 0.674. The molecule has 146 valence electrons. The lowest BCUT2D eigenvalue weighted by atomic mass is 10.1. The van der Waals surface area contributed by atoms with Gasteiger partial charge in [0.15, 0.2) is 0 Å². The van der Waals surface area contributed by atoms with Crippen LogP contribution >= 0.6 is 0 Å². The Kier molecular flexibility index (Phi) is 7.07. The molecule has 1 heterocycles. The number of anilines is 1. The van der Waals surface area contributed by atoms with E-state index < -0.39 is 0 Å². The molecule has 2 aromatic carbocycles. The standard InChI is InChI=1S/C25H30N2O/c1-4-17-27(18-5-2)23-13-8-20(9-14-23)7-11-22-12-10-21-19-24(28-6-3)15-16-25(21)26-22/h7-16,19H,4-6,17-18H2,1-3H3/b11-7+. The van der Waals surface area contributed by atoms with Gasteiger partial charge in [-0.1, -0.05) is 38.1 Å². The molecule has 0 amide bonds. The summed E-state index contributed by atoms with van der Waals surface area (Å²) >= 11 is 0. The second-order valence-electron chi connectivity index (χ2n) is 6.94. The minimum atomic E-state index is 0.674. The van der Waals surface area contributed by atoms with E-state index in [2.05, 4.69) is 61.2 Å². The molecule has 3 heteroatoms. The molecule has 0 unspecified atom stereocenters. The topological polar surface area (TPSA) is 25.4 Å². The van der Waals surface area contributed by atoms with Gasteiger partial charge in [0.05, 0.1) is 17.8 Å². The van der Waals surface area contributed by atoms with E-state index >= 15 is 0 Å². The normalized spacial score (nSPS) is 11.2. The Labute approximate surface area is 168 Å². The SMILES string of the molecule is CCCN(CCC)c1ccc(/C=C/c2ccc3cc(OCC)ccc3n2)cc1. The molecule has 0 aliphatic heterocycles. The number of ether oxygens (including phenoxy) is 1. The first-order valence-electron chi connectivity index (χ1n) is 10.3. The minimum Gasteiger partial charge on any atom is -0.494 e. The van der Waals surface area contributed by atoms with Gasteiger partial charge in [-0.05, 0) is 67.8 Å². The Morgan fingerprint density at radius 3 is 2.29 bits per heavy atom. The van der Waals surface area contributed by atoms with Crippen molar-refractivity contribution in [2.24, 2.45) is 0 Å². The molecule has 0 saturated heterocycles. The summed E-state index contributed by atoms with van der Waals surface area (Å²) in [6.45, 7) is 9.34. The highest BCUT2D eigenvalue weighted by molar-refractivity contribution is 5.82. The van der Waals surface area contributed by atoms with Gasteiger partial charge in [0, 0.05) is 24.2 Å². The van der Waals surface area contributed by atoms with Gasteiger partial charge in [-0.2, -0.15) is 0 Å². The largest absolute Gasteiger partial charge is 0.494 e. The molecule has 0 radical (unpaired) electrons. The highest BCUT2D eigenvalue weighted by Gasteiger charge is 2.04. The van der Waals surface area contributed by atoms with Crippen LogP contribution in [0.4, 0.5) is 5.69 Å². The smallest absolute Gasteiger partial charge is 0.120 e. The molecule has 0 aliphatic rings. The van der Waals surface area contributed by atoms with E-state index in [9.17, 15) is 0 Å². The van der Waals surface area contributed by atoms with E-state index in [4.69, 9.17) is 9.72 Å². The number of pyridine rings is 1. The molecule has 3 rings (SSSR count). The van der Waals surface area contributed by atoms with Crippen molar-refractivity contribution in [2.45, 2.75) is 33.6 Å². The van der Waals surface area contributed by atoms with Crippen LogP contribution in [0.5, 0.6) is 5.75 Å². The number of nitrogens with zero attached hydrogens (tertiary/aromatic N) is 2. The predicted octanol–water partition coefficient (Wildman–Crippen LogP) is 6.43. The summed E-state index contributed by atoms with van der Waals surface area (Å²) in [4.78, 5) is 7.19. The molecule has 3 nitrogen and oxygen atoms in total. The number of aromatic nitrogens is 1. The third-order valence-corrected chi connectivity index (χ3v) is 4.69. The Morgan fingerprint density at radius 1 is 0.857 bits per heavy atom. The Hall–Kier alpha value is -2.81. The van der Waals surface area contributed by atoms with Crippen molar-refractivity contribution in [3.63, 3.8) is 0 Å². The van der Waals surface area contributed by atoms with Crippen LogP contribution in [0.2, 0.25) is 0 Å². The summed E-state index contributed by atoms with van der Waals surface area (Å²) in [6.07, 6.45) is 6.53. The van der Waals surface area contributed by atoms with Gasteiger partial charge in [0.25, 0.3) is 0 Å². The lowest BCUT2D eigenvalue weighted by Gasteiger charge is -2.23. The molecule has 1 aromatic heterocycles. The van der Waals surface area contributed by atoms with E-state index in [1.165, 1.54) is 24.1 Å². The maximum absolute atomic E-state index is 5.56. The molecule has 0 bridgehead atoms. The van der Waals surface area contributed by atoms with Gasteiger partial charge in [0.1, 0.15) is 5.75 Å². The highest BCUT2D eigenvalue weighted by atomic mass is 16.5. The quantitative estimate of drug-likeness (QED) is 0.431. The van der Waals surface area contributed by atoms with E-state index in [1.54, 1.807) is 0 Å². The van der Waals surface area contributed by atoms with Crippen molar-refractivity contribution in [1.29, 1.82) is 0 Å². The fourth-order valence-electron chi connectivity index (χ4n) is 3.36. The average Bonchev–Trinajstić information content (AvgIpc) is 2.73. The Bertz CT molecular complexity index is 909. The van der Waals surface area contributed by atoms with Crippen molar-refractivity contribution in [1.82, 2.24) is 4.98 Å². The first kappa shape index (κ1) is 19.9. The van der Waals surface area contributed by atoms with Crippen LogP contribution < -0.4 is 9.64 Å². The Balaban J connectivity index is 1.73. The second-order valence-corrected chi connectivity index (χ2v) is 6.94. The van der Waals surface area contributed by atoms with Crippen molar-refractivity contribution >= 4 is 28.7 Å². The van der Waals surface area contributed by atoms with E-state index in [0.717, 1.165) is 35.4 Å². The fourth-order valence-corrected chi connectivity index (χ4v) is 3.36. The third-order valence-electron chi connectivity index (χ3n) is 4.69. The van der Waals surface area contributed by atoms with Crippen molar-refractivity contribution in [3.05, 3.63) is 65.9 Å². The Morgan fingerprint density at radius 2 is 1.61 bits per heavy atom. The molecule has 28 heavy (non-hydrogen) atoms. The zero-order valence-electron chi connectivity index (χ0n) is 17.2. The van der Waals surface area contributed by atoms with Crippen molar-refractivity contribution in [2.75, 3.05) is 24.6 Å². The van der Waals surface area contributed by atoms with Crippen LogP contribution in [0.3, 0.4) is 0 Å². The zero-order chi connectivity index (χ0) is 19.8. The van der Waals surface area contributed by atoms with Crippen molar-refractivity contribution in [3.8, 4) is 5.75 Å². The lowest BCUT2D eigenvalue weighted by molar-refractivity contribution is 0.340. The maximum Gasteiger partial charge on any atom is 0.120 e. The van der Waals surface area contributed by atoms with Gasteiger partial charge in [-0.3, -0.25) is 0 Å². The predicted molar refractivity (Wildman–Crippen MR) is 121 cm³/mol. The molecule has 0 N–H and O–H groups in total. The molecule has 0 spiro atoms. The van der Waals surface area contributed by atoms with E-state index in [1.807, 2.05) is 31.2 Å². The summed E-state index contributed by atoms with van der Waals surface area (Å²) in [6, 6.07) is 19.0. The van der Waals surface area contributed by atoms with Gasteiger partial charge in [0.2, 0.25) is 0 Å². The molecular formula is C25H30N2O. The number of hydrogen-bond acceptors (Lipinski definition) is 3. The van der Waals surface area contributed by atoms with Crippen LogP contribution in [0.25, 0.3) is 23.1 Å².